The van der Waals surface area contributed by atoms with E-state index in [0.29, 0.717) is 0 Å². The van der Waals surface area contributed by atoms with Crippen molar-refractivity contribution in [1.29, 1.82) is 0 Å². The van der Waals surface area contributed by atoms with E-state index in [-0.39, 0.29) is 5.78 Å². The average molecular weight is 198 g/mol. The van der Waals surface area contributed by atoms with Crippen molar-refractivity contribution in [3.8, 4) is 0 Å². The minimum absolute atomic E-state index is 0.169. The van der Waals surface area contributed by atoms with E-state index in [0.717, 1.165) is 24.0 Å². The van der Waals surface area contributed by atoms with Gasteiger partial charge in [-0.1, -0.05) is 48.1 Å². The molecule has 0 aliphatic heterocycles. The smallest absolute Gasteiger partial charge is 0.189 e. The van der Waals surface area contributed by atoms with Crippen LogP contribution in [-0.4, -0.2) is 5.78 Å². The summed E-state index contributed by atoms with van der Waals surface area (Å²) in [5.41, 5.74) is 2.92. The number of carbonyl (C=O) groups is 1. The largest absolute Gasteiger partial charge is 0.289 e. The van der Waals surface area contributed by atoms with Gasteiger partial charge in [-0.2, -0.15) is 0 Å². The van der Waals surface area contributed by atoms with Gasteiger partial charge in [0, 0.05) is 11.1 Å². The van der Waals surface area contributed by atoms with E-state index in [4.69, 9.17) is 0 Å². The van der Waals surface area contributed by atoms with E-state index in [2.05, 4.69) is 6.08 Å². The third-order valence-electron chi connectivity index (χ3n) is 2.61. The van der Waals surface area contributed by atoms with Crippen LogP contribution in [0.15, 0.2) is 53.6 Å². The van der Waals surface area contributed by atoms with Gasteiger partial charge < -0.3 is 0 Å². The molecular weight excluding hydrogens is 184 g/mol. The van der Waals surface area contributed by atoms with Gasteiger partial charge in [-0.05, 0) is 19.8 Å². The van der Waals surface area contributed by atoms with Crippen LogP contribution in [0.1, 0.15) is 30.1 Å². The van der Waals surface area contributed by atoms with Gasteiger partial charge in [-0.15, -0.1) is 0 Å². The standard InChI is InChI=1S/C14H14O/c1-11-6-5-9-13(10-11)14(15)12-7-3-2-4-8-12/h2-4,6-8,10H,5,9H2,1H3. The summed E-state index contributed by atoms with van der Waals surface area (Å²) in [4.78, 5) is 12.0. The monoisotopic (exact) mass is 198 g/mol. The molecule has 0 saturated carbocycles. The molecule has 0 fully saturated rings. The Hall–Kier alpha value is -1.63. The molecule has 0 aromatic heterocycles. The van der Waals surface area contributed by atoms with Crippen molar-refractivity contribution >= 4 is 5.78 Å². The molecular formula is C14H14O. The fraction of sp³-hybridized carbons (Fsp3) is 0.214. The summed E-state index contributed by atoms with van der Waals surface area (Å²) in [6, 6.07) is 9.48. The molecule has 0 unspecified atom stereocenters. The van der Waals surface area contributed by atoms with Gasteiger partial charge in [0.15, 0.2) is 5.78 Å². The Balaban J connectivity index is 2.26. The Morgan fingerprint density at radius 3 is 2.60 bits per heavy atom. The van der Waals surface area contributed by atoms with E-state index in [1.165, 1.54) is 5.57 Å². The SMILES string of the molecule is CC1=CCCC(C(=O)c2ccccc2)=C1. The zero-order chi connectivity index (χ0) is 10.7. The molecule has 0 N–H and O–H groups in total. The van der Waals surface area contributed by atoms with Crippen LogP contribution in [0.25, 0.3) is 0 Å². The van der Waals surface area contributed by atoms with Gasteiger partial charge in [-0.25, -0.2) is 0 Å². The maximum Gasteiger partial charge on any atom is 0.189 e. The molecule has 1 nitrogen and oxygen atoms in total. The molecule has 0 saturated heterocycles. The van der Waals surface area contributed by atoms with Crippen molar-refractivity contribution in [3.63, 3.8) is 0 Å². The first-order valence-corrected chi connectivity index (χ1v) is 5.24. The second kappa shape index (κ2) is 4.26. The Morgan fingerprint density at radius 1 is 1.20 bits per heavy atom. The van der Waals surface area contributed by atoms with Crippen LogP contribution in [0.5, 0.6) is 0 Å². The number of allylic oxidation sites excluding steroid dienone is 4. The molecule has 1 aromatic rings. The third kappa shape index (κ3) is 2.24. The van der Waals surface area contributed by atoms with Gasteiger partial charge in [0.1, 0.15) is 0 Å². The van der Waals surface area contributed by atoms with Crippen molar-refractivity contribution in [1.82, 2.24) is 0 Å². The number of hydrogen-bond donors (Lipinski definition) is 0. The Morgan fingerprint density at radius 2 is 1.93 bits per heavy atom. The molecule has 0 atom stereocenters. The molecule has 0 amide bonds. The van der Waals surface area contributed by atoms with Crippen molar-refractivity contribution in [2.75, 3.05) is 0 Å². The van der Waals surface area contributed by atoms with Crippen LogP contribution in [0.3, 0.4) is 0 Å². The zero-order valence-corrected chi connectivity index (χ0v) is 8.86. The quantitative estimate of drug-likeness (QED) is 0.664. The van der Waals surface area contributed by atoms with Crippen molar-refractivity contribution < 1.29 is 4.79 Å². The summed E-state index contributed by atoms with van der Waals surface area (Å²) < 4.78 is 0. The van der Waals surface area contributed by atoms with Crippen molar-refractivity contribution in [2.24, 2.45) is 0 Å². The molecule has 0 heterocycles. The van der Waals surface area contributed by atoms with Gasteiger partial charge in [0.05, 0.1) is 0 Å². The summed E-state index contributed by atoms with van der Waals surface area (Å²) in [5.74, 6) is 0.169. The van der Waals surface area contributed by atoms with Crippen LogP contribution < -0.4 is 0 Å². The van der Waals surface area contributed by atoms with Crippen LogP contribution in [0.2, 0.25) is 0 Å². The topological polar surface area (TPSA) is 17.1 Å². The van der Waals surface area contributed by atoms with E-state index in [1.807, 2.05) is 43.3 Å². The average Bonchev–Trinajstić information content (AvgIpc) is 2.29. The summed E-state index contributed by atoms with van der Waals surface area (Å²) in [5, 5.41) is 0. The second-order valence-corrected chi connectivity index (χ2v) is 3.85. The van der Waals surface area contributed by atoms with Gasteiger partial charge >= 0.3 is 0 Å². The highest BCUT2D eigenvalue weighted by Crippen LogP contribution is 2.20. The fourth-order valence-electron chi connectivity index (χ4n) is 1.82. The summed E-state index contributed by atoms with van der Waals surface area (Å²) >= 11 is 0. The number of ketones is 1. The highest BCUT2D eigenvalue weighted by atomic mass is 16.1. The molecule has 1 aliphatic rings. The minimum Gasteiger partial charge on any atom is -0.289 e. The Kier molecular flexibility index (Phi) is 2.82. The zero-order valence-electron chi connectivity index (χ0n) is 8.86. The molecule has 0 bridgehead atoms. The lowest BCUT2D eigenvalue weighted by Gasteiger charge is -2.10. The molecule has 76 valence electrons. The first kappa shape index (κ1) is 9.91. The molecule has 1 aliphatic carbocycles. The van der Waals surface area contributed by atoms with Crippen molar-refractivity contribution in [2.45, 2.75) is 19.8 Å². The molecule has 15 heavy (non-hydrogen) atoms. The van der Waals surface area contributed by atoms with E-state index < -0.39 is 0 Å². The summed E-state index contributed by atoms with van der Waals surface area (Å²) in [6.07, 6.45) is 6.02. The number of Topliss-reactive ketones (excluding diaryl/α,β-unsaturated/α-hetero) is 1. The van der Waals surface area contributed by atoms with Crippen LogP contribution >= 0.6 is 0 Å². The molecule has 1 aromatic carbocycles. The summed E-state index contributed by atoms with van der Waals surface area (Å²) in [6.45, 7) is 2.04. The Labute approximate surface area is 90.1 Å². The maximum atomic E-state index is 12.0. The minimum atomic E-state index is 0.169. The molecule has 0 radical (unpaired) electrons. The lowest BCUT2D eigenvalue weighted by atomic mass is 9.94. The number of carbonyl (C=O) groups excluding carboxylic acids is 1. The first-order chi connectivity index (χ1) is 7.27. The van der Waals surface area contributed by atoms with Crippen LogP contribution in [-0.2, 0) is 0 Å². The highest BCUT2D eigenvalue weighted by molar-refractivity contribution is 6.09. The lowest BCUT2D eigenvalue weighted by molar-refractivity contribution is 0.103. The highest BCUT2D eigenvalue weighted by Gasteiger charge is 2.13. The van der Waals surface area contributed by atoms with Gasteiger partial charge in [-0.3, -0.25) is 4.79 Å². The van der Waals surface area contributed by atoms with Crippen LogP contribution in [0.4, 0.5) is 0 Å². The van der Waals surface area contributed by atoms with E-state index in [1.54, 1.807) is 0 Å². The van der Waals surface area contributed by atoms with Crippen molar-refractivity contribution in [3.05, 3.63) is 59.2 Å². The van der Waals surface area contributed by atoms with E-state index in [9.17, 15) is 4.79 Å². The third-order valence-corrected chi connectivity index (χ3v) is 2.61. The Bertz CT molecular complexity index is 424. The predicted molar refractivity (Wildman–Crippen MR) is 61.8 cm³/mol. The molecule has 1 heteroatoms. The number of benzene rings is 1. The second-order valence-electron chi connectivity index (χ2n) is 3.85. The van der Waals surface area contributed by atoms with Crippen LogP contribution in [0, 0.1) is 0 Å². The number of hydrogen-bond acceptors (Lipinski definition) is 1. The lowest BCUT2D eigenvalue weighted by Crippen LogP contribution is -2.05. The number of rotatable bonds is 2. The molecule has 2 rings (SSSR count). The fourth-order valence-corrected chi connectivity index (χ4v) is 1.82. The normalized spacial score (nSPS) is 15.5. The molecule has 0 spiro atoms. The maximum absolute atomic E-state index is 12.0. The van der Waals surface area contributed by atoms with Gasteiger partial charge in [0.2, 0.25) is 0 Å². The first-order valence-electron chi connectivity index (χ1n) is 5.24. The van der Waals surface area contributed by atoms with Gasteiger partial charge in [0.25, 0.3) is 0 Å². The summed E-state index contributed by atoms with van der Waals surface area (Å²) in [7, 11) is 0. The predicted octanol–water partition coefficient (Wildman–Crippen LogP) is 3.54. The van der Waals surface area contributed by atoms with E-state index >= 15 is 0 Å².